The van der Waals surface area contributed by atoms with E-state index in [2.05, 4.69) is 15.4 Å². The molecule has 0 bridgehead atoms. The first kappa shape index (κ1) is 16.6. The van der Waals surface area contributed by atoms with Gasteiger partial charge in [-0.3, -0.25) is 4.79 Å². The third-order valence-corrected chi connectivity index (χ3v) is 5.90. The molecule has 1 amide bonds. The molecule has 0 aliphatic carbocycles. The number of carbonyl (C=O) groups is 1. The van der Waals surface area contributed by atoms with E-state index in [9.17, 15) is 13.2 Å². The monoisotopic (exact) mass is 349 g/mol. The van der Waals surface area contributed by atoms with Crippen molar-refractivity contribution in [2.45, 2.75) is 30.8 Å². The second kappa shape index (κ2) is 7.10. The SMILES string of the molecule is O=C(Cn1cncn1)NCc1ccccc1S(=O)(=O)N1CCCC1. The van der Waals surface area contributed by atoms with E-state index in [1.165, 1.54) is 21.6 Å². The number of hydrogen-bond acceptors (Lipinski definition) is 5. The quantitative estimate of drug-likeness (QED) is 0.813. The van der Waals surface area contributed by atoms with Gasteiger partial charge in [0.2, 0.25) is 15.9 Å². The number of carbonyl (C=O) groups excluding carboxylic acids is 1. The fourth-order valence-corrected chi connectivity index (χ4v) is 4.42. The van der Waals surface area contributed by atoms with Crippen molar-refractivity contribution in [3.05, 3.63) is 42.5 Å². The molecule has 1 aromatic carbocycles. The maximum Gasteiger partial charge on any atom is 0.243 e. The first-order valence-electron chi connectivity index (χ1n) is 7.74. The maximum absolute atomic E-state index is 12.7. The van der Waals surface area contributed by atoms with Gasteiger partial charge in [-0.05, 0) is 24.5 Å². The third-order valence-electron chi connectivity index (χ3n) is 3.90. The van der Waals surface area contributed by atoms with Gasteiger partial charge in [0.15, 0.2) is 0 Å². The molecule has 2 aromatic rings. The number of aromatic nitrogens is 3. The average molecular weight is 349 g/mol. The zero-order valence-electron chi connectivity index (χ0n) is 13.1. The highest BCUT2D eigenvalue weighted by molar-refractivity contribution is 7.89. The number of sulfonamides is 1. The van der Waals surface area contributed by atoms with E-state index in [0.29, 0.717) is 18.7 Å². The normalized spacial score (nSPS) is 15.5. The smallest absolute Gasteiger partial charge is 0.243 e. The molecule has 3 rings (SSSR count). The molecule has 0 saturated carbocycles. The molecule has 0 spiro atoms. The van der Waals surface area contributed by atoms with Gasteiger partial charge in [0.1, 0.15) is 19.2 Å². The predicted octanol–water partition coefficient (Wildman–Crippen LogP) is 0.379. The van der Waals surface area contributed by atoms with E-state index in [0.717, 1.165) is 12.8 Å². The highest BCUT2D eigenvalue weighted by Gasteiger charge is 2.28. The average Bonchev–Trinajstić information content (AvgIpc) is 3.27. The molecular formula is C15H19N5O3S. The van der Waals surface area contributed by atoms with Crippen LogP contribution in [0.25, 0.3) is 0 Å². The number of benzene rings is 1. The van der Waals surface area contributed by atoms with E-state index in [1.54, 1.807) is 24.3 Å². The summed E-state index contributed by atoms with van der Waals surface area (Å²) >= 11 is 0. The van der Waals surface area contributed by atoms with E-state index in [4.69, 9.17) is 0 Å². The first-order chi connectivity index (χ1) is 11.6. The number of rotatable bonds is 6. The molecule has 9 heteroatoms. The zero-order valence-corrected chi connectivity index (χ0v) is 13.9. The van der Waals surface area contributed by atoms with Crippen LogP contribution in [-0.4, -0.2) is 46.5 Å². The van der Waals surface area contributed by atoms with Crippen LogP contribution in [-0.2, 0) is 27.9 Å². The van der Waals surface area contributed by atoms with Crippen molar-refractivity contribution < 1.29 is 13.2 Å². The molecule has 1 N–H and O–H groups in total. The fraction of sp³-hybridized carbons (Fsp3) is 0.400. The summed E-state index contributed by atoms with van der Waals surface area (Å²) in [4.78, 5) is 16.0. The van der Waals surface area contributed by atoms with Gasteiger partial charge in [0.25, 0.3) is 0 Å². The Kier molecular flexibility index (Phi) is 4.91. The van der Waals surface area contributed by atoms with Crippen molar-refractivity contribution in [1.29, 1.82) is 0 Å². The standard InChI is InChI=1S/C15H19N5O3S/c21-15(10-19-12-16-11-18-19)17-9-13-5-1-2-6-14(13)24(22,23)20-7-3-4-8-20/h1-2,5-6,11-12H,3-4,7-10H2,(H,17,21). The Hall–Kier alpha value is -2.26. The van der Waals surface area contributed by atoms with Crippen LogP contribution in [0.2, 0.25) is 0 Å². The van der Waals surface area contributed by atoms with Gasteiger partial charge in [0, 0.05) is 19.6 Å². The van der Waals surface area contributed by atoms with Crippen molar-refractivity contribution >= 4 is 15.9 Å². The first-order valence-corrected chi connectivity index (χ1v) is 9.18. The molecular weight excluding hydrogens is 330 g/mol. The van der Waals surface area contributed by atoms with Crippen LogP contribution in [0.15, 0.2) is 41.8 Å². The minimum absolute atomic E-state index is 0.0427. The molecule has 1 saturated heterocycles. The molecule has 1 aliphatic heterocycles. The minimum Gasteiger partial charge on any atom is -0.350 e. The van der Waals surface area contributed by atoms with Gasteiger partial charge in [-0.1, -0.05) is 18.2 Å². The van der Waals surface area contributed by atoms with Crippen molar-refractivity contribution in [2.75, 3.05) is 13.1 Å². The Labute approximate surface area is 140 Å². The van der Waals surface area contributed by atoms with Crippen LogP contribution in [0.4, 0.5) is 0 Å². The molecule has 8 nitrogen and oxygen atoms in total. The van der Waals surface area contributed by atoms with Crippen LogP contribution in [0.1, 0.15) is 18.4 Å². The Balaban J connectivity index is 1.71. The molecule has 2 heterocycles. The summed E-state index contributed by atoms with van der Waals surface area (Å²) in [7, 11) is -3.51. The number of amides is 1. The Bertz CT molecular complexity index is 798. The lowest BCUT2D eigenvalue weighted by atomic mass is 10.2. The van der Waals surface area contributed by atoms with E-state index < -0.39 is 10.0 Å². The summed E-state index contributed by atoms with van der Waals surface area (Å²) < 4.78 is 28.4. The summed E-state index contributed by atoms with van der Waals surface area (Å²) in [5.41, 5.74) is 0.580. The lowest BCUT2D eigenvalue weighted by Crippen LogP contribution is -2.31. The molecule has 1 fully saturated rings. The Morgan fingerprint density at radius 3 is 2.67 bits per heavy atom. The van der Waals surface area contributed by atoms with Gasteiger partial charge in [-0.2, -0.15) is 9.40 Å². The van der Waals surface area contributed by atoms with Gasteiger partial charge in [-0.15, -0.1) is 0 Å². The summed E-state index contributed by atoms with van der Waals surface area (Å²) in [5.74, 6) is -0.256. The number of hydrogen-bond donors (Lipinski definition) is 1. The van der Waals surface area contributed by atoms with Crippen LogP contribution < -0.4 is 5.32 Å². The lowest BCUT2D eigenvalue weighted by molar-refractivity contribution is -0.122. The van der Waals surface area contributed by atoms with Crippen LogP contribution >= 0.6 is 0 Å². The van der Waals surface area contributed by atoms with Crippen molar-refractivity contribution in [2.24, 2.45) is 0 Å². The highest BCUT2D eigenvalue weighted by atomic mass is 32.2. The van der Waals surface area contributed by atoms with Gasteiger partial charge in [-0.25, -0.2) is 18.1 Å². The van der Waals surface area contributed by atoms with Crippen molar-refractivity contribution in [3.63, 3.8) is 0 Å². The van der Waals surface area contributed by atoms with Crippen LogP contribution in [0.3, 0.4) is 0 Å². The highest BCUT2D eigenvalue weighted by Crippen LogP contribution is 2.23. The Morgan fingerprint density at radius 2 is 1.96 bits per heavy atom. The molecule has 128 valence electrons. The predicted molar refractivity (Wildman–Crippen MR) is 86.3 cm³/mol. The van der Waals surface area contributed by atoms with E-state index in [-0.39, 0.29) is 23.9 Å². The van der Waals surface area contributed by atoms with Crippen molar-refractivity contribution in [3.8, 4) is 0 Å². The summed E-state index contributed by atoms with van der Waals surface area (Å²) in [6, 6.07) is 6.77. The second-order valence-electron chi connectivity index (χ2n) is 5.59. The maximum atomic E-state index is 12.7. The van der Waals surface area contributed by atoms with E-state index in [1.807, 2.05) is 0 Å². The Morgan fingerprint density at radius 1 is 1.21 bits per heavy atom. The largest absolute Gasteiger partial charge is 0.350 e. The van der Waals surface area contributed by atoms with Crippen LogP contribution in [0.5, 0.6) is 0 Å². The third kappa shape index (κ3) is 3.62. The van der Waals surface area contributed by atoms with Crippen LogP contribution in [0, 0.1) is 0 Å². The zero-order chi connectivity index (χ0) is 17.0. The van der Waals surface area contributed by atoms with E-state index >= 15 is 0 Å². The number of nitrogens with one attached hydrogen (secondary N) is 1. The molecule has 1 aliphatic rings. The molecule has 1 aromatic heterocycles. The fourth-order valence-electron chi connectivity index (χ4n) is 2.68. The molecule has 0 atom stereocenters. The lowest BCUT2D eigenvalue weighted by Gasteiger charge is -2.18. The molecule has 0 unspecified atom stereocenters. The minimum atomic E-state index is -3.51. The number of nitrogens with zero attached hydrogens (tertiary/aromatic N) is 4. The van der Waals surface area contributed by atoms with Gasteiger partial charge < -0.3 is 5.32 Å². The van der Waals surface area contributed by atoms with Gasteiger partial charge >= 0.3 is 0 Å². The second-order valence-corrected chi connectivity index (χ2v) is 7.50. The van der Waals surface area contributed by atoms with Crippen molar-refractivity contribution in [1.82, 2.24) is 24.4 Å². The molecule has 24 heavy (non-hydrogen) atoms. The summed E-state index contributed by atoms with van der Waals surface area (Å²) in [6.45, 7) is 1.29. The summed E-state index contributed by atoms with van der Waals surface area (Å²) in [6.07, 6.45) is 4.57. The molecule has 0 radical (unpaired) electrons. The van der Waals surface area contributed by atoms with Gasteiger partial charge in [0.05, 0.1) is 4.90 Å². The topological polar surface area (TPSA) is 97.2 Å². The summed E-state index contributed by atoms with van der Waals surface area (Å²) in [5, 5.41) is 6.59.